The average Bonchev–Trinajstić information content (AvgIpc) is 3.04. The van der Waals surface area contributed by atoms with Crippen LogP contribution in [0.4, 0.5) is 5.69 Å². The third-order valence-corrected chi connectivity index (χ3v) is 4.54. The normalized spacial score (nSPS) is 12.5. The number of ether oxygens (including phenoxy) is 1. The van der Waals surface area contributed by atoms with Crippen LogP contribution in [0.3, 0.4) is 0 Å². The molecule has 0 saturated carbocycles. The molecule has 2 aromatic carbocycles. The minimum Gasteiger partial charge on any atom is -0.451 e. The molecule has 0 bridgehead atoms. The van der Waals surface area contributed by atoms with Gasteiger partial charge in [0, 0.05) is 22.7 Å². The second-order valence-electron chi connectivity index (χ2n) is 6.08. The number of anilines is 1. The minimum absolute atomic E-state index is 0.0292. The quantitative estimate of drug-likeness (QED) is 0.500. The molecule has 2 N–H and O–H groups in total. The highest BCUT2D eigenvalue weighted by Gasteiger charge is 2.24. The van der Waals surface area contributed by atoms with Gasteiger partial charge in [0.25, 0.3) is 0 Å². The summed E-state index contributed by atoms with van der Waals surface area (Å²) < 4.78 is 30.5. The van der Waals surface area contributed by atoms with Gasteiger partial charge in [0.2, 0.25) is 15.8 Å². The van der Waals surface area contributed by atoms with Gasteiger partial charge in [0.1, 0.15) is 0 Å². The van der Waals surface area contributed by atoms with Crippen molar-refractivity contribution in [3.63, 3.8) is 0 Å². The minimum atomic E-state index is -3.57. The summed E-state index contributed by atoms with van der Waals surface area (Å²) in [4.78, 5) is 28.2. The van der Waals surface area contributed by atoms with Crippen LogP contribution in [0.15, 0.2) is 54.7 Å². The van der Waals surface area contributed by atoms with E-state index in [1.807, 2.05) is 18.2 Å². The van der Waals surface area contributed by atoms with Crippen LogP contribution in [0.5, 0.6) is 0 Å². The average molecular weight is 386 g/mol. The van der Waals surface area contributed by atoms with Crippen LogP contribution in [0.25, 0.3) is 10.9 Å². The lowest BCUT2D eigenvalue weighted by atomic mass is 10.1. The number of nitrogens with one attached hydrogen (secondary N) is 2. The molecule has 0 fully saturated rings. The first-order valence-electron chi connectivity index (χ1n) is 8.14. The number of rotatable bonds is 6. The van der Waals surface area contributed by atoms with Crippen LogP contribution in [-0.4, -0.2) is 37.5 Å². The summed E-state index contributed by atoms with van der Waals surface area (Å²) in [6.07, 6.45) is 1.53. The van der Waals surface area contributed by atoms with E-state index in [0.29, 0.717) is 5.56 Å². The number of aromatic amines is 1. The lowest BCUT2D eigenvalue weighted by Crippen LogP contribution is -2.25. The molecule has 3 rings (SSSR count). The zero-order chi connectivity index (χ0) is 19.6. The Morgan fingerprint density at radius 2 is 1.70 bits per heavy atom. The van der Waals surface area contributed by atoms with Crippen molar-refractivity contribution in [2.75, 3.05) is 11.0 Å². The summed E-state index contributed by atoms with van der Waals surface area (Å²) in [5, 5.41) is 0.740. The standard InChI is InChI=1S/C19H18N2O5S/c1-12(18(22)15-11-20-16-9-5-3-7-13(15)16)26-19(23)14-8-4-6-10-17(14)21-27(2,24)25/h3-12,20-21H,1-2H3/t12-/m1/s1. The van der Waals surface area contributed by atoms with Crippen molar-refractivity contribution in [2.45, 2.75) is 13.0 Å². The van der Waals surface area contributed by atoms with Gasteiger partial charge in [0.05, 0.1) is 17.5 Å². The van der Waals surface area contributed by atoms with E-state index in [-0.39, 0.29) is 17.0 Å². The molecule has 27 heavy (non-hydrogen) atoms. The Bertz CT molecular complexity index is 1120. The van der Waals surface area contributed by atoms with Gasteiger partial charge < -0.3 is 9.72 Å². The largest absolute Gasteiger partial charge is 0.451 e. The first-order chi connectivity index (χ1) is 12.8. The second-order valence-corrected chi connectivity index (χ2v) is 7.83. The van der Waals surface area contributed by atoms with Crippen LogP contribution in [0.2, 0.25) is 0 Å². The maximum atomic E-state index is 12.7. The van der Waals surface area contributed by atoms with Crippen LogP contribution in [-0.2, 0) is 14.8 Å². The number of sulfonamides is 1. The van der Waals surface area contributed by atoms with E-state index in [2.05, 4.69) is 9.71 Å². The van der Waals surface area contributed by atoms with Gasteiger partial charge in [-0.25, -0.2) is 13.2 Å². The van der Waals surface area contributed by atoms with E-state index in [1.165, 1.54) is 19.1 Å². The first-order valence-corrected chi connectivity index (χ1v) is 10.0. The lowest BCUT2D eigenvalue weighted by Gasteiger charge is -2.14. The molecule has 0 spiro atoms. The molecule has 0 aliphatic carbocycles. The number of carbonyl (C=O) groups excluding carboxylic acids is 2. The molecular formula is C19H18N2O5S. The maximum absolute atomic E-state index is 12.7. The van der Waals surface area contributed by atoms with E-state index in [0.717, 1.165) is 17.2 Å². The highest BCUT2D eigenvalue weighted by Crippen LogP contribution is 2.22. The molecule has 0 aliphatic heterocycles. The van der Waals surface area contributed by atoms with Crippen molar-refractivity contribution < 1.29 is 22.7 Å². The fourth-order valence-electron chi connectivity index (χ4n) is 2.72. The van der Waals surface area contributed by atoms with Gasteiger partial charge in [-0.05, 0) is 25.1 Å². The summed E-state index contributed by atoms with van der Waals surface area (Å²) in [5.74, 6) is -1.14. The molecule has 0 radical (unpaired) electrons. The summed E-state index contributed by atoms with van der Waals surface area (Å²) in [5.41, 5.74) is 1.36. The molecule has 7 nitrogen and oxygen atoms in total. The van der Waals surface area contributed by atoms with Crippen molar-refractivity contribution in [3.8, 4) is 0 Å². The number of benzene rings is 2. The van der Waals surface area contributed by atoms with Crippen LogP contribution in [0, 0.1) is 0 Å². The number of ketones is 1. The van der Waals surface area contributed by atoms with E-state index in [9.17, 15) is 18.0 Å². The molecule has 0 aliphatic rings. The first kappa shape index (κ1) is 18.7. The highest BCUT2D eigenvalue weighted by atomic mass is 32.2. The molecule has 1 aromatic heterocycles. The molecular weight excluding hydrogens is 368 g/mol. The third kappa shape index (κ3) is 4.17. The van der Waals surface area contributed by atoms with Crippen LogP contribution < -0.4 is 4.72 Å². The Labute approximate surface area is 156 Å². The number of fused-ring (bicyclic) bond motifs is 1. The lowest BCUT2D eigenvalue weighted by molar-refractivity contribution is 0.0320. The predicted molar refractivity (Wildman–Crippen MR) is 102 cm³/mol. The molecule has 8 heteroatoms. The van der Waals surface area contributed by atoms with Gasteiger partial charge in [-0.2, -0.15) is 0 Å². The van der Waals surface area contributed by atoms with Crippen molar-refractivity contribution >= 4 is 38.4 Å². The van der Waals surface area contributed by atoms with Gasteiger partial charge in [-0.3, -0.25) is 9.52 Å². The number of para-hydroxylation sites is 2. The van der Waals surface area contributed by atoms with E-state index >= 15 is 0 Å². The Morgan fingerprint density at radius 1 is 1.04 bits per heavy atom. The fourth-order valence-corrected chi connectivity index (χ4v) is 3.30. The van der Waals surface area contributed by atoms with Crippen molar-refractivity contribution in [1.82, 2.24) is 4.98 Å². The van der Waals surface area contributed by atoms with E-state index < -0.39 is 22.1 Å². The topological polar surface area (TPSA) is 105 Å². The number of esters is 1. The maximum Gasteiger partial charge on any atom is 0.340 e. The van der Waals surface area contributed by atoms with Crippen molar-refractivity contribution in [2.24, 2.45) is 0 Å². The molecule has 0 unspecified atom stereocenters. The third-order valence-electron chi connectivity index (χ3n) is 3.95. The zero-order valence-corrected chi connectivity index (χ0v) is 15.5. The number of H-pyrrole nitrogens is 1. The SMILES string of the molecule is C[C@@H](OC(=O)c1ccccc1NS(C)(=O)=O)C(=O)c1c[nH]c2ccccc12. The van der Waals surface area contributed by atoms with E-state index in [4.69, 9.17) is 4.74 Å². The Kier molecular flexibility index (Phi) is 5.00. The smallest absolute Gasteiger partial charge is 0.340 e. The number of carbonyl (C=O) groups is 2. The van der Waals surface area contributed by atoms with Crippen LogP contribution in [0.1, 0.15) is 27.6 Å². The zero-order valence-electron chi connectivity index (χ0n) is 14.7. The summed E-state index contributed by atoms with van der Waals surface area (Å²) >= 11 is 0. The van der Waals surface area contributed by atoms with Crippen LogP contribution >= 0.6 is 0 Å². The highest BCUT2D eigenvalue weighted by molar-refractivity contribution is 7.92. The molecule has 140 valence electrons. The van der Waals surface area contributed by atoms with Crippen molar-refractivity contribution in [1.29, 1.82) is 0 Å². The molecule has 0 saturated heterocycles. The number of hydrogen-bond acceptors (Lipinski definition) is 5. The summed E-state index contributed by atoms with van der Waals surface area (Å²) in [7, 11) is -3.57. The molecule has 0 amide bonds. The van der Waals surface area contributed by atoms with Gasteiger partial charge >= 0.3 is 5.97 Å². The van der Waals surface area contributed by atoms with E-state index in [1.54, 1.807) is 24.4 Å². The Morgan fingerprint density at radius 3 is 2.44 bits per heavy atom. The number of Topliss-reactive ketones (excluding diaryl/α,β-unsaturated/α-hetero) is 1. The Hall–Kier alpha value is -3.13. The monoisotopic (exact) mass is 386 g/mol. The second kappa shape index (κ2) is 7.24. The van der Waals surface area contributed by atoms with Gasteiger partial charge in [-0.1, -0.05) is 30.3 Å². The molecule has 1 heterocycles. The molecule has 3 aromatic rings. The Balaban J connectivity index is 1.81. The molecule has 1 atom stereocenters. The number of hydrogen-bond donors (Lipinski definition) is 2. The van der Waals surface area contributed by atoms with Gasteiger partial charge in [-0.15, -0.1) is 0 Å². The van der Waals surface area contributed by atoms with Gasteiger partial charge in [0.15, 0.2) is 6.10 Å². The number of aromatic nitrogens is 1. The predicted octanol–water partition coefficient (Wildman–Crippen LogP) is 2.97. The summed E-state index contributed by atoms with van der Waals surface area (Å²) in [6, 6.07) is 13.4. The summed E-state index contributed by atoms with van der Waals surface area (Å²) in [6.45, 7) is 1.48. The van der Waals surface area contributed by atoms with Crippen molar-refractivity contribution in [3.05, 3.63) is 65.9 Å². The fraction of sp³-hybridized carbons (Fsp3) is 0.158.